The van der Waals surface area contributed by atoms with Crippen molar-refractivity contribution < 1.29 is 14.3 Å². The van der Waals surface area contributed by atoms with Crippen molar-refractivity contribution in [2.45, 2.75) is 6.42 Å². The van der Waals surface area contributed by atoms with Crippen molar-refractivity contribution in [3.63, 3.8) is 0 Å². The first-order valence-corrected chi connectivity index (χ1v) is 7.05. The number of nitriles is 2. The highest BCUT2D eigenvalue weighted by Gasteiger charge is 2.10. The molecule has 24 heavy (non-hydrogen) atoms. The normalized spacial score (nSPS) is 9.42. The van der Waals surface area contributed by atoms with Gasteiger partial charge in [0.1, 0.15) is 0 Å². The lowest BCUT2D eigenvalue weighted by Crippen LogP contribution is -2.20. The Kier molecular flexibility index (Phi) is 5.65. The number of nitrogens with zero attached hydrogens (tertiary/aromatic N) is 2. The monoisotopic (exact) mass is 319 g/mol. The second-order valence-corrected chi connectivity index (χ2v) is 4.85. The Hall–Kier alpha value is -3.64. The second kappa shape index (κ2) is 8.11. The van der Waals surface area contributed by atoms with Gasteiger partial charge in [0, 0.05) is 5.69 Å². The second-order valence-electron chi connectivity index (χ2n) is 4.85. The summed E-state index contributed by atoms with van der Waals surface area (Å²) in [6, 6.07) is 16.7. The van der Waals surface area contributed by atoms with Crippen molar-refractivity contribution in [2.24, 2.45) is 0 Å². The molecule has 118 valence electrons. The summed E-state index contributed by atoms with van der Waals surface area (Å²) >= 11 is 0. The Morgan fingerprint density at radius 1 is 1.00 bits per heavy atom. The minimum atomic E-state index is -0.640. The third-order valence-electron chi connectivity index (χ3n) is 3.10. The first-order valence-electron chi connectivity index (χ1n) is 7.05. The fourth-order valence-corrected chi connectivity index (χ4v) is 1.89. The fourth-order valence-electron chi connectivity index (χ4n) is 1.89. The molecule has 2 rings (SSSR count). The van der Waals surface area contributed by atoms with Crippen molar-refractivity contribution in [1.82, 2.24) is 0 Å². The van der Waals surface area contributed by atoms with Crippen LogP contribution in [-0.4, -0.2) is 18.5 Å². The van der Waals surface area contributed by atoms with Crippen LogP contribution in [0, 0.1) is 22.7 Å². The molecule has 0 bridgehead atoms. The summed E-state index contributed by atoms with van der Waals surface area (Å²) in [6.07, 6.45) is 0.302. The van der Waals surface area contributed by atoms with Crippen molar-refractivity contribution in [2.75, 3.05) is 11.9 Å². The molecule has 0 unspecified atom stereocenters. The molecule has 0 aliphatic carbocycles. The van der Waals surface area contributed by atoms with Crippen LogP contribution in [0.3, 0.4) is 0 Å². The summed E-state index contributed by atoms with van der Waals surface area (Å²) in [4.78, 5) is 23.6. The first kappa shape index (κ1) is 16.7. The number of hydrogen-bond acceptors (Lipinski definition) is 5. The van der Waals surface area contributed by atoms with Gasteiger partial charge in [-0.25, -0.2) is 4.79 Å². The van der Waals surface area contributed by atoms with E-state index >= 15 is 0 Å². The molecule has 0 heterocycles. The first-order chi connectivity index (χ1) is 11.6. The number of carbonyl (C=O) groups excluding carboxylic acids is 2. The molecular formula is C18H13N3O3. The van der Waals surface area contributed by atoms with Gasteiger partial charge in [-0.1, -0.05) is 12.1 Å². The highest BCUT2D eigenvalue weighted by Crippen LogP contribution is 2.10. The van der Waals surface area contributed by atoms with E-state index in [2.05, 4.69) is 5.32 Å². The summed E-state index contributed by atoms with van der Waals surface area (Å²) in [5, 5.41) is 19.9. The van der Waals surface area contributed by atoms with Crippen LogP contribution in [0.15, 0.2) is 48.5 Å². The summed E-state index contributed by atoms with van der Waals surface area (Å²) < 4.78 is 4.92. The number of amides is 1. The Morgan fingerprint density at radius 3 is 2.25 bits per heavy atom. The molecule has 0 spiro atoms. The van der Waals surface area contributed by atoms with Gasteiger partial charge in [-0.3, -0.25) is 4.79 Å². The lowest BCUT2D eigenvalue weighted by Gasteiger charge is -2.07. The minimum absolute atomic E-state index is 0.266. The SMILES string of the molecule is N#CCc1ccc(NC(=O)COC(=O)c2ccc(C#N)cc2)cc1. The standard InChI is InChI=1S/C18H13N3O3/c19-10-9-13-3-7-16(8-4-13)21-17(22)12-24-18(23)15-5-1-14(11-20)2-6-15/h1-8H,9,12H2,(H,21,22). The van der Waals surface area contributed by atoms with Crippen molar-refractivity contribution in [3.8, 4) is 12.1 Å². The molecule has 1 N–H and O–H groups in total. The van der Waals surface area contributed by atoms with Crippen molar-refractivity contribution in [3.05, 3.63) is 65.2 Å². The van der Waals surface area contributed by atoms with E-state index in [1.54, 1.807) is 24.3 Å². The zero-order valence-electron chi connectivity index (χ0n) is 12.7. The van der Waals surface area contributed by atoms with Gasteiger partial charge in [0.15, 0.2) is 6.61 Å². The third kappa shape index (κ3) is 4.69. The number of carbonyl (C=O) groups is 2. The maximum absolute atomic E-state index is 11.8. The van der Waals surface area contributed by atoms with Gasteiger partial charge in [0.25, 0.3) is 5.91 Å². The molecule has 0 aliphatic rings. The van der Waals surface area contributed by atoms with E-state index in [9.17, 15) is 9.59 Å². The van der Waals surface area contributed by atoms with Gasteiger partial charge in [-0.05, 0) is 42.0 Å². The van der Waals surface area contributed by atoms with E-state index in [1.807, 2.05) is 12.1 Å². The summed E-state index contributed by atoms with van der Waals surface area (Å²) in [7, 11) is 0. The van der Waals surface area contributed by atoms with E-state index in [0.717, 1.165) is 5.56 Å². The molecule has 1 amide bonds. The summed E-state index contributed by atoms with van der Waals surface area (Å²) in [5.41, 5.74) is 2.10. The number of benzene rings is 2. The smallest absolute Gasteiger partial charge is 0.338 e. The maximum Gasteiger partial charge on any atom is 0.338 e. The number of nitrogens with one attached hydrogen (secondary N) is 1. The van der Waals surface area contributed by atoms with Gasteiger partial charge >= 0.3 is 5.97 Å². The quantitative estimate of drug-likeness (QED) is 0.852. The van der Waals surface area contributed by atoms with Gasteiger partial charge in [-0.15, -0.1) is 0 Å². The Bertz CT molecular complexity index is 813. The van der Waals surface area contributed by atoms with Crippen LogP contribution < -0.4 is 5.32 Å². The summed E-state index contributed by atoms with van der Waals surface area (Å²) in [6.45, 7) is -0.418. The molecule has 0 aromatic heterocycles. The molecule has 0 aliphatic heterocycles. The largest absolute Gasteiger partial charge is 0.452 e. The van der Waals surface area contributed by atoms with Crippen LogP contribution in [0.1, 0.15) is 21.5 Å². The predicted octanol–water partition coefficient (Wildman–Crippen LogP) is 2.42. The molecule has 0 atom stereocenters. The molecule has 0 radical (unpaired) electrons. The maximum atomic E-state index is 11.8. The minimum Gasteiger partial charge on any atom is -0.452 e. The predicted molar refractivity (Wildman–Crippen MR) is 85.8 cm³/mol. The lowest BCUT2D eigenvalue weighted by molar-refractivity contribution is -0.119. The van der Waals surface area contributed by atoms with Crippen molar-refractivity contribution >= 4 is 17.6 Å². The van der Waals surface area contributed by atoms with E-state index < -0.39 is 18.5 Å². The van der Waals surface area contributed by atoms with Crippen LogP contribution in [0.2, 0.25) is 0 Å². The molecule has 6 heteroatoms. The molecule has 6 nitrogen and oxygen atoms in total. The van der Waals surface area contributed by atoms with Gasteiger partial charge in [-0.2, -0.15) is 10.5 Å². The average molecular weight is 319 g/mol. The molecule has 2 aromatic rings. The molecule has 0 saturated heterocycles. The lowest BCUT2D eigenvalue weighted by atomic mass is 10.1. The summed E-state index contributed by atoms with van der Waals surface area (Å²) in [5.74, 6) is -1.11. The molecule has 2 aromatic carbocycles. The number of rotatable bonds is 5. The zero-order valence-corrected chi connectivity index (χ0v) is 12.7. The zero-order chi connectivity index (χ0) is 17.4. The highest BCUT2D eigenvalue weighted by atomic mass is 16.5. The Labute approximate surface area is 138 Å². The van der Waals surface area contributed by atoms with Crippen LogP contribution in [0.5, 0.6) is 0 Å². The van der Waals surface area contributed by atoms with Gasteiger partial charge < -0.3 is 10.1 Å². The number of hydrogen-bond donors (Lipinski definition) is 1. The number of anilines is 1. The fraction of sp³-hybridized carbons (Fsp3) is 0.111. The molecular weight excluding hydrogens is 306 g/mol. The van der Waals surface area contributed by atoms with E-state index in [0.29, 0.717) is 17.7 Å². The number of esters is 1. The average Bonchev–Trinajstić information content (AvgIpc) is 2.61. The Morgan fingerprint density at radius 2 is 1.67 bits per heavy atom. The van der Waals surface area contributed by atoms with E-state index in [4.69, 9.17) is 15.3 Å². The molecule has 0 fully saturated rings. The number of ether oxygens (including phenoxy) is 1. The van der Waals surface area contributed by atoms with Crippen LogP contribution in [0.4, 0.5) is 5.69 Å². The Balaban J connectivity index is 1.85. The van der Waals surface area contributed by atoms with Gasteiger partial charge in [0.05, 0.1) is 29.7 Å². The highest BCUT2D eigenvalue weighted by molar-refractivity contribution is 5.95. The van der Waals surface area contributed by atoms with E-state index in [-0.39, 0.29) is 5.56 Å². The van der Waals surface area contributed by atoms with Crippen LogP contribution in [0.25, 0.3) is 0 Å². The van der Waals surface area contributed by atoms with E-state index in [1.165, 1.54) is 24.3 Å². The molecule has 0 saturated carbocycles. The van der Waals surface area contributed by atoms with Crippen molar-refractivity contribution in [1.29, 1.82) is 10.5 Å². The topological polar surface area (TPSA) is 103 Å². The van der Waals surface area contributed by atoms with Crippen LogP contribution in [-0.2, 0) is 16.0 Å². The third-order valence-corrected chi connectivity index (χ3v) is 3.10. The van der Waals surface area contributed by atoms with Crippen LogP contribution >= 0.6 is 0 Å². The van der Waals surface area contributed by atoms with Gasteiger partial charge in [0.2, 0.25) is 0 Å².